The van der Waals surface area contributed by atoms with Gasteiger partial charge in [-0.05, 0) is 44.2 Å². The van der Waals surface area contributed by atoms with Crippen molar-refractivity contribution in [3.05, 3.63) is 47.5 Å². The number of hydrogen-bond donors (Lipinski definition) is 2. The Kier molecular flexibility index (Phi) is 7.63. The molecule has 0 spiro atoms. The molecule has 0 bridgehead atoms. The van der Waals surface area contributed by atoms with Crippen LogP contribution in [0, 0.1) is 5.82 Å². The number of aromatic nitrogens is 2. The van der Waals surface area contributed by atoms with Crippen LogP contribution in [0.15, 0.2) is 36.7 Å². The number of benzene rings is 2. The Morgan fingerprint density at radius 2 is 1.91 bits per heavy atom. The standard InChI is InChI=1S/C20H21ClFN4O5P/c1-3-30-32(29,31-4-2)10-19(28)26-17-8-13-16(9-18(17)27)23-11-24-20(13)25-12-5-6-15(22)14(21)7-12/h5-9,11,27H,3-4,10H2,1-2H3,(H,26,28)(H,23,24,25)/p-1. The maximum Gasteiger partial charge on any atom is 0.340 e. The lowest BCUT2D eigenvalue weighted by Gasteiger charge is -2.19. The molecule has 3 rings (SSSR count). The molecule has 1 amide bonds. The molecule has 170 valence electrons. The van der Waals surface area contributed by atoms with Crippen LogP contribution in [0.3, 0.4) is 0 Å². The van der Waals surface area contributed by atoms with Crippen LogP contribution >= 0.6 is 19.2 Å². The van der Waals surface area contributed by atoms with Crippen molar-refractivity contribution < 1.29 is 27.9 Å². The summed E-state index contributed by atoms with van der Waals surface area (Å²) >= 11 is 5.82. The third-order valence-electron chi connectivity index (χ3n) is 4.18. The highest BCUT2D eigenvalue weighted by atomic mass is 35.5. The number of fused-ring (bicyclic) bond motifs is 1. The van der Waals surface area contributed by atoms with Gasteiger partial charge in [-0.15, -0.1) is 0 Å². The van der Waals surface area contributed by atoms with Gasteiger partial charge in [-0.2, -0.15) is 0 Å². The lowest BCUT2D eigenvalue weighted by molar-refractivity contribution is -0.266. The molecule has 0 saturated carbocycles. The fourth-order valence-corrected chi connectivity index (χ4v) is 4.53. The summed E-state index contributed by atoms with van der Waals surface area (Å²) < 4.78 is 36.2. The van der Waals surface area contributed by atoms with Crippen molar-refractivity contribution in [1.29, 1.82) is 0 Å². The van der Waals surface area contributed by atoms with Gasteiger partial charge in [-0.3, -0.25) is 9.36 Å². The van der Waals surface area contributed by atoms with Gasteiger partial charge in [0.2, 0.25) is 5.91 Å². The van der Waals surface area contributed by atoms with E-state index in [0.717, 1.165) is 0 Å². The van der Waals surface area contributed by atoms with Crippen LogP contribution in [-0.4, -0.2) is 35.3 Å². The number of halogens is 2. The Bertz CT molecular complexity index is 1190. The Hall–Kier alpha value is -2.78. The van der Waals surface area contributed by atoms with Gasteiger partial charge < -0.3 is 24.8 Å². The smallest absolute Gasteiger partial charge is 0.340 e. The first-order valence-electron chi connectivity index (χ1n) is 9.60. The number of amides is 1. The average Bonchev–Trinajstić information content (AvgIpc) is 2.72. The van der Waals surface area contributed by atoms with E-state index >= 15 is 0 Å². The Labute approximate surface area is 188 Å². The number of anilines is 3. The summed E-state index contributed by atoms with van der Waals surface area (Å²) in [6.45, 7) is 3.47. The van der Waals surface area contributed by atoms with Gasteiger partial charge in [0.25, 0.3) is 0 Å². The molecule has 0 aliphatic heterocycles. The largest absolute Gasteiger partial charge is 0.871 e. The van der Waals surface area contributed by atoms with Crippen molar-refractivity contribution in [3.8, 4) is 5.75 Å². The molecule has 12 heteroatoms. The molecule has 0 radical (unpaired) electrons. The van der Waals surface area contributed by atoms with Gasteiger partial charge in [0.1, 0.15) is 24.1 Å². The number of rotatable bonds is 9. The monoisotopic (exact) mass is 481 g/mol. The van der Waals surface area contributed by atoms with Crippen LogP contribution in [0.25, 0.3) is 10.9 Å². The first-order chi connectivity index (χ1) is 15.2. The summed E-state index contributed by atoms with van der Waals surface area (Å²) in [5.74, 6) is -1.46. The molecule has 0 aliphatic rings. The van der Waals surface area contributed by atoms with E-state index in [9.17, 15) is 18.9 Å². The molecule has 9 nitrogen and oxygen atoms in total. The quantitative estimate of drug-likeness (QED) is 0.429. The van der Waals surface area contributed by atoms with Crippen LogP contribution in [0.5, 0.6) is 5.75 Å². The molecule has 0 atom stereocenters. The maximum absolute atomic E-state index is 13.4. The lowest BCUT2D eigenvalue weighted by Crippen LogP contribution is -2.19. The fraction of sp³-hybridized carbons (Fsp3) is 0.250. The van der Waals surface area contributed by atoms with Crippen LogP contribution < -0.4 is 15.7 Å². The summed E-state index contributed by atoms with van der Waals surface area (Å²) in [4.78, 5) is 20.7. The minimum absolute atomic E-state index is 0.0583. The second-order valence-electron chi connectivity index (χ2n) is 6.49. The van der Waals surface area contributed by atoms with Gasteiger partial charge >= 0.3 is 7.60 Å². The van der Waals surface area contributed by atoms with E-state index < -0.39 is 31.2 Å². The summed E-state index contributed by atoms with van der Waals surface area (Å²) in [5.41, 5.74) is 0.729. The number of hydrogen-bond acceptors (Lipinski definition) is 8. The molecule has 1 heterocycles. The molecule has 32 heavy (non-hydrogen) atoms. The van der Waals surface area contributed by atoms with Gasteiger partial charge in [0.15, 0.2) is 0 Å². The second kappa shape index (κ2) is 10.2. The Balaban J connectivity index is 1.89. The third kappa shape index (κ3) is 5.72. The highest BCUT2D eigenvalue weighted by molar-refractivity contribution is 7.54. The summed E-state index contributed by atoms with van der Waals surface area (Å²) in [7, 11) is -3.63. The van der Waals surface area contributed by atoms with Crippen molar-refractivity contribution in [2.45, 2.75) is 13.8 Å². The van der Waals surface area contributed by atoms with Crippen molar-refractivity contribution in [2.75, 3.05) is 30.0 Å². The van der Waals surface area contributed by atoms with Crippen molar-refractivity contribution >= 4 is 53.2 Å². The lowest BCUT2D eigenvalue weighted by atomic mass is 10.2. The zero-order valence-electron chi connectivity index (χ0n) is 17.2. The van der Waals surface area contributed by atoms with E-state index in [-0.39, 0.29) is 23.9 Å². The van der Waals surface area contributed by atoms with Gasteiger partial charge in [0, 0.05) is 16.8 Å². The highest BCUT2D eigenvalue weighted by Gasteiger charge is 2.27. The van der Waals surface area contributed by atoms with E-state index in [1.165, 1.54) is 36.7 Å². The molecule has 1 aromatic heterocycles. The number of carbonyl (C=O) groups is 1. The van der Waals surface area contributed by atoms with Crippen LogP contribution in [0.2, 0.25) is 5.02 Å². The molecule has 2 N–H and O–H groups in total. The predicted molar refractivity (Wildman–Crippen MR) is 118 cm³/mol. The third-order valence-corrected chi connectivity index (χ3v) is 6.45. The minimum Gasteiger partial charge on any atom is -0.871 e. The normalized spacial score (nSPS) is 11.5. The molecule has 2 aromatic carbocycles. The molecule has 0 unspecified atom stereocenters. The number of nitrogens with one attached hydrogen (secondary N) is 2. The molecule has 0 saturated heterocycles. The van der Waals surface area contributed by atoms with Gasteiger partial charge in [0.05, 0.1) is 23.8 Å². The topological polar surface area (TPSA) is 126 Å². The molecular weight excluding hydrogens is 462 g/mol. The first-order valence-corrected chi connectivity index (χ1v) is 11.7. The second-order valence-corrected chi connectivity index (χ2v) is 8.96. The van der Waals surface area contributed by atoms with Crippen molar-refractivity contribution in [2.24, 2.45) is 0 Å². The van der Waals surface area contributed by atoms with E-state index in [1.807, 2.05) is 0 Å². The number of carbonyl (C=O) groups excluding carboxylic acids is 1. The van der Waals surface area contributed by atoms with Gasteiger partial charge in [-0.1, -0.05) is 17.4 Å². The van der Waals surface area contributed by atoms with E-state index in [1.54, 1.807) is 13.8 Å². The molecule has 0 aliphatic carbocycles. The van der Waals surface area contributed by atoms with Crippen LogP contribution in [0.1, 0.15) is 13.8 Å². The fourth-order valence-electron chi connectivity index (χ4n) is 2.88. The predicted octanol–water partition coefficient (Wildman–Crippen LogP) is 4.44. The molecule has 3 aromatic rings. The maximum atomic E-state index is 13.4. The molecule has 0 fully saturated rings. The van der Waals surface area contributed by atoms with E-state index in [2.05, 4.69) is 20.6 Å². The van der Waals surface area contributed by atoms with Crippen molar-refractivity contribution in [3.63, 3.8) is 0 Å². The SMILES string of the molecule is CCOP(=O)(CC(=O)Nc1cc2c(Nc3ccc(F)c(Cl)c3)ncnc2cc1[O-])OCC. The summed E-state index contributed by atoms with van der Waals surface area (Å²) in [5, 5.41) is 18.2. The average molecular weight is 482 g/mol. The summed E-state index contributed by atoms with van der Waals surface area (Å²) in [6.07, 6.45) is 0.713. The zero-order chi connectivity index (χ0) is 23.3. The Morgan fingerprint density at radius 1 is 1.19 bits per heavy atom. The van der Waals surface area contributed by atoms with Gasteiger partial charge in [-0.25, -0.2) is 14.4 Å². The van der Waals surface area contributed by atoms with Crippen LogP contribution in [-0.2, 0) is 18.4 Å². The minimum atomic E-state index is -3.63. The Morgan fingerprint density at radius 3 is 2.56 bits per heavy atom. The van der Waals surface area contributed by atoms with E-state index in [4.69, 9.17) is 20.6 Å². The van der Waals surface area contributed by atoms with E-state index in [0.29, 0.717) is 22.4 Å². The highest BCUT2D eigenvalue weighted by Crippen LogP contribution is 2.47. The first kappa shape index (κ1) is 23.9. The van der Waals surface area contributed by atoms with Crippen molar-refractivity contribution in [1.82, 2.24) is 9.97 Å². The summed E-state index contributed by atoms with van der Waals surface area (Å²) in [6, 6.07) is 6.69. The molecular formula is C20H20ClFN4O5P-. The zero-order valence-corrected chi connectivity index (χ0v) is 18.9. The number of nitrogens with zero attached hydrogens (tertiary/aromatic N) is 2. The van der Waals surface area contributed by atoms with Crippen LogP contribution in [0.4, 0.5) is 21.6 Å².